The Morgan fingerprint density at radius 1 is 1.26 bits per heavy atom. The molecule has 2 unspecified atom stereocenters. The molecular formula is C28H38N6O. The lowest BCUT2D eigenvalue weighted by Crippen LogP contribution is -2.43. The summed E-state index contributed by atoms with van der Waals surface area (Å²) in [6.07, 6.45) is 10.8. The van der Waals surface area contributed by atoms with Gasteiger partial charge in [-0.1, -0.05) is 6.08 Å². The number of likely N-dealkylation sites (N-methyl/N-ethyl adjacent to an activating group) is 2. The van der Waals surface area contributed by atoms with E-state index in [1.54, 1.807) is 0 Å². The SMILES string of the molecule is CNCCCCC1=NC2=CC(c3cc4cc(NC(=O)C5CCCN5C)ccc4[nH]3)=CCC2(C)N1C. The first-order valence-corrected chi connectivity index (χ1v) is 12.9. The van der Waals surface area contributed by atoms with Crippen molar-refractivity contribution in [2.75, 3.05) is 39.5 Å². The van der Waals surface area contributed by atoms with Crippen molar-refractivity contribution in [3.8, 4) is 0 Å². The fraction of sp³-hybridized carbons (Fsp3) is 0.500. The Morgan fingerprint density at radius 3 is 2.89 bits per heavy atom. The van der Waals surface area contributed by atoms with E-state index in [2.05, 4.69) is 69.7 Å². The number of aromatic amines is 1. The first-order chi connectivity index (χ1) is 16.9. The zero-order valence-corrected chi connectivity index (χ0v) is 21.4. The van der Waals surface area contributed by atoms with Crippen molar-refractivity contribution in [2.45, 2.75) is 57.0 Å². The number of H-pyrrole nitrogens is 1. The minimum absolute atomic E-state index is 0.0286. The van der Waals surface area contributed by atoms with Crippen LogP contribution in [0.25, 0.3) is 16.5 Å². The average Bonchev–Trinajstić information content (AvgIpc) is 3.53. The Labute approximate surface area is 208 Å². The molecule has 3 N–H and O–H groups in total. The van der Waals surface area contributed by atoms with Crippen LogP contribution in [0.4, 0.5) is 5.69 Å². The molecule has 1 aromatic carbocycles. The van der Waals surface area contributed by atoms with E-state index < -0.39 is 0 Å². The molecular weight excluding hydrogens is 436 g/mol. The standard InChI is InChI=1S/C28H38N6O/c1-28-13-12-19(18-25(28)32-26(34(28)4)9-5-6-14-29-2)23-17-20-16-21(10-11-22(20)31-23)30-27(35)24-8-7-15-33(24)3/h10-12,16-18,24,29,31H,5-9,13-15H2,1-4H3,(H,30,35). The fourth-order valence-corrected chi connectivity index (χ4v) is 5.56. The van der Waals surface area contributed by atoms with E-state index in [1.807, 2.05) is 20.2 Å². The molecule has 3 aliphatic rings. The van der Waals surface area contributed by atoms with E-state index in [1.165, 1.54) is 11.4 Å². The smallest absolute Gasteiger partial charge is 0.241 e. The number of anilines is 1. The number of rotatable bonds is 8. The van der Waals surface area contributed by atoms with Gasteiger partial charge < -0.3 is 20.5 Å². The number of allylic oxidation sites excluding steroid dienone is 2. The number of unbranched alkanes of at least 4 members (excludes halogenated alkanes) is 1. The monoisotopic (exact) mass is 474 g/mol. The zero-order chi connectivity index (χ0) is 24.6. The second kappa shape index (κ2) is 9.63. The summed E-state index contributed by atoms with van der Waals surface area (Å²) in [5.41, 5.74) is 5.27. The Bertz CT molecular complexity index is 1210. The number of aliphatic imine (C=N–C) groups is 1. The number of carbonyl (C=O) groups excluding carboxylic acids is 1. The molecule has 1 aromatic heterocycles. The Kier molecular flexibility index (Phi) is 6.55. The molecule has 0 saturated carbocycles. The van der Waals surface area contributed by atoms with Crippen LogP contribution in [0.15, 0.2) is 47.1 Å². The first kappa shape index (κ1) is 23.8. The van der Waals surface area contributed by atoms with Crippen LogP contribution in [0.5, 0.6) is 0 Å². The van der Waals surface area contributed by atoms with Crippen molar-refractivity contribution in [3.05, 3.63) is 47.8 Å². The van der Waals surface area contributed by atoms with Gasteiger partial charge in [0, 0.05) is 35.8 Å². The number of amides is 1. The first-order valence-electron chi connectivity index (χ1n) is 12.9. The summed E-state index contributed by atoms with van der Waals surface area (Å²) >= 11 is 0. The van der Waals surface area contributed by atoms with Gasteiger partial charge in [0.1, 0.15) is 5.84 Å². The van der Waals surface area contributed by atoms with Gasteiger partial charge >= 0.3 is 0 Å². The topological polar surface area (TPSA) is 75.8 Å². The number of aromatic nitrogens is 1. The van der Waals surface area contributed by atoms with E-state index in [0.717, 1.165) is 79.6 Å². The van der Waals surface area contributed by atoms with Crippen LogP contribution in [0.3, 0.4) is 0 Å². The Balaban J connectivity index is 1.33. The van der Waals surface area contributed by atoms with Crippen molar-refractivity contribution >= 4 is 33.9 Å². The van der Waals surface area contributed by atoms with Crippen LogP contribution < -0.4 is 10.6 Å². The highest BCUT2D eigenvalue weighted by molar-refractivity contribution is 5.98. The maximum Gasteiger partial charge on any atom is 0.241 e. The van der Waals surface area contributed by atoms with Gasteiger partial charge in [0.05, 0.1) is 17.3 Å². The predicted octanol–water partition coefficient (Wildman–Crippen LogP) is 4.36. The number of fused-ring (bicyclic) bond motifs is 2. The molecule has 1 fully saturated rings. The summed E-state index contributed by atoms with van der Waals surface area (Å²) < 4.78 is 0. The Hall–Kier alpha value is -2.90. The molecule has 0 spiro atoms. The number of nitrogens with one attached hydrogen (secondary N) is 3. The average molecular weight is 475 g/mol. The van der Waals surface area contributed by atoms with E-state index in [4.69, 9.17) is 4.99 Å². The number of hydrogen-bond donors (Lipinski definition) is 3. The summed E-state index contributed by atoms with van der Waals surface area (Å²) in [7, 11) is 6.21. The second-order valence-electron chi connectivity index (χ2n) is 10.4. The second-order valence-corrected chi connectivity index (χ2v) is 10.4. The third-order valence-electron chi connectivity index (χ3n) is 8.04. The van der Waals surface area contributed by atoms with Crippen LogP contribution in [0, 0.1) is 0 Å². The predicted molar refractivity (Wildman–Crippen MR) is 145 cm³/mol. The summed E-state index contributed by atoms with van der Waals surface area (Å²) in [6, 6.07) is 8.25. The quantitative estimate of drug-likeness (QED) is 0.497. The molecule has 1 aliphatic carbocycles. The largest absolute Gasteiger partial charge is 0.355 e. The number of benzene rings is 1. The lowest BCUT2D eigenvalue weighted by atomic mass is 9.86. The maximum atomic E-state index is 12.7. The summed E-state index contributed by atoms with van der Waals surface area (Å²) in [5, 5.41) is 7.44. The molecule has 1 amide bonds. The van der Waals surface area contributed by atoms with E-state index >= 15 is 0 Å². The molecule has 2 aromatic rings. The highest BCUT2D eigenvalue weighted by Crippen LogP contribution is 2.41. The number of nitrogens with zero attached hydrogens (tertiary/aromatic N) is 3. The van der Waals surface area contributed by atoms with Crippen molar-refractivity contribution < 1.29 is 4.79 Å². The van der Waals surface area contributed by atoms with Crippen LogP contribution in [0.2, 0.25) is 0 Å². The van der Waals surface area contributed by atoms with Gasteiger partial charge in [-0.15, -0.1) is 0 Å². The molecule has 3 heterocycles. The number of carbonyl (C=O) groups is 1. The van der Waals surface area contributed by atoms with Crippen molar-refractivity contribution in [3.63, 3.8) is 0 Å². The lowest BCUT2D eigenvalue weighted by Gasteiger charge is -2.36. The molecule has 1 saturated heterocycles. The summed E-state index contributed by atoms with van der Waals surface area (Å²) in [5.74, 6) is 1.28. The molecule has 7 nitrogen and oxygen atoms in total. The van der Waals surface area contributed by atoms with Crippen molar-refractivity contribution in [1.82, 2.24) is 20.1 Å². The van der Waals surface area contributed by atoms with Gasteiger partial charge in [0.15, 0.2) is 0 Å². The highest BCUT2D eigenvalue weighted by Gasteiger charge is 2.41. The summed E-state index contributed by atoms with van der Waals surface area (Å²) in [6.45, 7) is 4.32. The van der Waals surface area contributed by atoms with E-state index in [9.17, 15) is 4.79 Å². The molecule has 35 heavy (non-hydrogen) atoms. The van der Waals surface area contributed by atoms with E-state index in [-0.39, 0.29) is 17.5 Å². The fourth-order valence-electron chi connectivity index (χ4n) is 5.56. The van der Waals surface area contributed by atoms with E-state index in [0.29, 0.717) is 0 Å². The highest BCUT2D eigenvalue weighted by atomic mass is 16.2. The van der Waals surface area contributed by atoms with Crippen LogP contribution in [-0.4, -0.2) is 72.3 Å². The number of hydrogen-bond acceptors (Lipinski definition) is 5. The van der Waals surface area contributed by atoms with Crippen LogP contribution in [0.1, 0.15) is 51.1 Å². The molecule has 2 aliphatic heterocycles. The summed E-state index contributed by atoms with van der Waals surface area (Å²) in [4.78, 5) is 25.8. The van der Waals surface area contributed by atoms with Gasteiger partial charge in [0.2, 0.25) is 5.91 Å². The molecule has 7 heteroatoms. The van der Waals surface area contributed by atoms with Gasteiger partial charge in [0.25, 0.3) is 0 Å². The van der Waals surface area contributed by atoms with Crippen LogP contribution in [-0.2, 0) is 4.79 Å². The maximum absolute atomic E-state index is 12.7. The normalized spacial score (nSPS) is 24.4. The van der Waals surface area contributed by atoms with Gasteiger partial charge in [-0.25, -0.2) is 4.99 Å². The van der Waals surface area contributed by atoms with Crippen molar-refractivity contribution in [1.29, 1.82) is 0 Å². The lowest BCUT2D eigenvalue weighted by molar-refractivity contribution is -0.119. The molecule has 186 valence electrons. The minimum Gasteiger partial charge on any atom is -0.355 e. The van der Waals surface area contributed by atoms with Gasteiger partial charge in [-0.2, -0.15) is 0 Å². The van der Waals surface area contributed by atoms with Crippen molar-refractivity contribution in [2.24, 2.45) is 4.99 Å². The molecule has 2 atom stereocenters. The number of amidine groups is 1. The Morgan fingerprint density at radius 2 is 2.11 bits per heavy atom. The van der Waals surface area contributed by atoms with Crippen LogP contribution >= 0.6 is 0 Å². The van der Waals surface area contributed by atoms with Gasteiger partial charge in [-0.05, 0) is 102 Å². The molecule has 5 rings (SSSR count). The number of likely N-dealkylation sites (tertiary alicyclic amines) is 1. The van der Waals surface area contributed by atoms with Gasteiger partial charge in [-0.3, -0.25) is 9.69 Å². The third kappa shape index (κ3) is 4.55. The zero-order valence-electron chi connectivity index (χ0n) is 21.4. The molecule has 0 radical (unpaired) electrons. The minimum atomic E-state index is -0.0707. The third-order valence-corrected chi connectivity index (χ3v) is 8.04. The molecule has 0 bridgehead atoms.